The maximum Gasteiger partial charge on any atom is 0.289 e. The van der Waals surface area contributed by atoms with Gasteiger partial charge in [0, 0.05) is 17.7 Å². The molecule has 1 N–H and O–H groups in total. The number of benzene rings is 2. The van der Waals surface area contributed by atoms with E-state index in [0.717, 1.165) is 12.0 Å². The summed E-state index contributed by atoms with van der Waals surface area (Å²) in [5, 5.41) is 13.6. The Morgan fingerprint density at radius 2 is 1.95 bits per heavy atom. The molecule has 1 aliphatic rings. The second kappa shape index (κ2) is 5.77. The van der Waals surface area contributed by atoms with E-state index in [0.29, 0.717) is 5.69 Å². The Hall–Kier alpha value is -2.40. The summed E-state index contributed by atoms with van der Waals surface area (Å²) in [6.45, 7) is 0. The lowest BCUT2D eigenvalue weighted by Gasteiger charge is -2.05. The number of amides is 1. The van der Waals surface area contributed by atoms with Crippen LogP contribution in [0.15, 0.2) is 48.5 Å². The van der Waals surface area contributed by atoms with Gasteiger partial charge < -0.3 is 5.32 Å². The zero-order valence-electron chi connectivity index (χ0n) is 11.5. The van der Waals surface area contributed by atoms with E-state index in [4.69, 9.17) is 11.6 Å². The minimum Gasteiger partial charge on any atom is -0.326 e. The molecule has 22 heavy (non-hydrogen) atoms. The lowest BCUT2D eigenvalue weighted by Crippen LogP contribution is -2.14. The topological polar surface area (TPSA) is 72.2 Å². The van der Waals surface area contributed by atoms with E-state index in [1.807, 2.05) is 30.3 Å². The lowest BCUT2D eigenvalue weighted by molar-refractivity contribution is -0.384. The minimum absolute atomic E-state index is 0.0524. The van der Waals surface area contributed by atoms with E-state index < -0.39 is 4.92 Å². The molecule has 0 aromatic heterocycles. The van der Waals surface area contributed by atoms with Crippen LogP contribution >= 0.6 is 11.6 Å². The van der Waals surface area contributed by atoms with E-state index in [2.05, 4.69) is 5.32 Å². The van der Waals surface area contributed by atoms with E-state index in [1.165, 1.54) is 12.1 Å². The van der Waals surface area contributed by atoms with Gasteiger partial charge in [-0.15, -0.1) is 0 Å². The van der Waals surface area contributed by atoms with Crippen LogP contribution in [0.2, 0.25) is 5.02 Å². The maximum atomic E-state index is 12.2. The molecule has 5 nitrogen and oxygen atoms in total. The number of hydrogen-bond donors (Lipinski definition) is 1. The van der Waals surface area contributed by atoms with E-state index in [-0.39, 0.29) is 28.5 Å². The van der Waals surface area contributed by atoms with Gasteiger partial charge in [-0.05, 0) is 30.0 Å². The minimum atomic E-state index is -0.568. The summed E-state index contributed by atoms with van der Waals surface area (Å²) >= 11 is 5.75. The number of hydrogen-bond acceptors (Lipinski definition) is 3. The monoisotopic (exact) mass is 316 g/mol. The average Bonchev–Trinajstić information content (AvgIpc) is 3.30. The molecular weight excluding hydrogens is 304 g/mol. The smallest absolute Gasteiger partial charge is 0.289 e. The van der Waals surface area contributed by atoms with Crippen molar-refractivity contribution in [1.29, 1.82) is 0 Å². The number of nitro benzene ring substituents is 1. The molecule has 2 atom stereocenters. The number of anilines is 1. The van der Waals surface area contributed by atoms with Crippen LogP contribution in [0.4, 0.5) is 11.4 Å². The standard InChI is InChI=1S/C16H13ClN2O3/c17-14-7-6-11(8-15(14)19(21)22)18-16(20)13-9-12(13)10-4-2-1-3-5-10/h1-8,12-13H,9H2,(H,18,20)/t12-,13-/m1/s1. The summed E-state index contributed by atoms with van der Waals surface area (Å²) < 4.78 is 0. The Morgan fingerprint density at radius 1 is 1.23 bits per heavy atom. The van der Waals surface area contributed by atoms with Gasteiger partial charge in [0.2, 0.25) is 5.91 Å². The fourth-order valence-electron chi connectivity index (χ4n) is 2.52. The van der Waals surface area contributed by atoms with Gasteiger partial charge in [-0.2, -0.15) is 0 Å². The quantitative estimate of drug-likeness (QED) is 0.684. The van der Waals surface area contributed by atoms with Crippen LogP contribution in [-0.2, 0) is 4.79 Å². The second-order valence-electron chi connectivity index (χ2n) is 5.27. The van der Waals surface area contributed by atoms with Crippen molar-refractivity contribution in [1.82, 2.24) is 0 Å². The maximum absolute atomic E-state index is 12.2. The van der Waals surface area contributed by atoms with Gasteiger partial charge >= 0.3 is 0 Å². The summed E-state index contributed by atoms with van der Waals surface area (Å²) in [5.41, 5.74) is 1.32. The Bertz CT molecular complexity index is 733. The van der Waals surface area contributed by atoms with E-state index in [1.54, 1.807) is 6.07 Å². The van der Waals surface area contributed by atoms with Crippen LogP contribution in [0.1, 0.15) is 17.9 Å². The molecule has 0 aliphatic heterocycles. The second-order valence-corrected chi connectivity index (χ2v) is 5.68. The highest BCUT2D eigenvalue weighted by atomic mass is 35.5. The van der Waals surface area contributed by atoms with Crippen molar-refractivity contribution >= 4 is 28.9 Å². The lowest BCUT2D eigenvalue weighted by atomic mass is 10.1. The molecule has 0 bridgehead atoms. The van der Waals surface area contributed by atoms with Crippen molar-refractivity contribution in [3.8, 4) is 0 Å². The van der Waals surface area contributed by atoms with Gasteiger partial charge in [-0.25, -0.2) is 0 Å². The molecule has 0 spiro atoms. The highest BCUT2D eigenvalue weighted by Crippen LogP contribution is 2.48. The van der Waals surface area contributed by atoms with Crippen LogP contribution in [0.3, 0.4) is 0 Å². The molecule has 0 radical (unpaired) electrons. The first-order valence-corrected chi connectivity index (χ1v) is 7.24. The van der Waals surface area contributed by atoms with Gasteiger partial charge in [-0.1, -0.05) is 41.9 Å². The molecule has 0 unspecified atom stereocenters. The van der Waals surface area contributed by atoms with Crippen molar-refractivity contribution < 1.29 is 9.72 Å². The molecule has 1 saturated carbocycles. The normalized spacial score (nSPS) is 19.5. The highest BCUT2D eigenvalue weighted by Gasteiger charge is 2.43. The predicted octanol–water partition coefficient (Wildman–Crippen LogP) is 3.99. The van der Waals surface area contributed by atoms with Crippen LogP contribution in [0, 0.1) is 16.0 Å². The highest BCUT2D eigenvalue weighted by molar-refractivity contribution is 6.32. The molecule has 0 saturated heterocycles. The molecular formula is C16H13ClN2O3. The van der Waals surface area contributed by atoms with Crippen molar-refractivity contribution in [2.24, 2.45) is 5.92 Å². The van der Waals surface area contributed by atoms with Crippen LogP contribution in [-0.4, -0.2) is 10.8 Å². The fourth-order valence-corrected chi connectivity index (χ4v) is 2.71. The molecule has 112 valence electrons. The summed E-state index contributed by atoms with van der Waals surface area (Å²) in [7, 11) is 0. The van der Waals surface area contributed by atoms with Gasteiger partial charge in [0.05, 0.1) is 4.92 Å². The third kappa shape index (κ3) is 2.94. The molecule has 3 rings (SSSR count). The van der Waals surface area contributed by atoms with Gasteiger partial charge in [0.25, 0.3) is 5.69 Å². The zero-order valence-corrected chi connectivity index (χ0v) is 12.3. The van der Waals surface area contributed by atoms with Crippen LogP contribution in [0.25, 0.3) is 0 Å². The van der Waals surface area contributed by atoms with Crippen molar-refractivity contribution in [2.75, 3.05) is 5.32 Å². The third-order valence-electron chi connectivity index (χ3n) is 3.77. The van der Waals surface area contributed by atoms with Gasteiger partial charge in [0.15, 0.2) is 0 Å². The van der Waals surface area contributed by atoms with Crippen molar-refractivity contribution in [3.05, 3.63) is 69.2 Å². The fraction of sp³-hybridized carbons (Fsp3) is 0.188. The average molecular weight is 317 g/mol. The Morgan fingerprint density at radius 3 is 2.64 bits per heavy atom. The number of carbonyl (C=O) groups is 1. The predicted molar refractivity (Wildman–Crippen MR) is 84.0 cm³/mol. The Labute approximate surface area is 132 Å². The molecule has 0 heterocycles. The van der Waals surface area contributed by atoms with Crippen molar-refractivity contribution in [3.63, 3.8) is 0 Å². The Kier molecular flexibility index (Phi) is 3.81. The molecule has 1 amide bonds. The van der Waals surface area contributed by atoms with Gasteiger partial charge in [0.1, 0.15) is 5.02 Å². The third-order valence-corrected chi connectivity index (χ3v) is 4.08. The van der Waals surface area contributed by atoms with Gasteiger partial charge in [-0.3, -0.25) is 14.9 Å². The summed E-state index contributed by atoms with van der Waals surface area (Å²) in [6, 6.07) is 14.1. The first-order valence-electron chi connectivity index (χ1n) is 6.86. The van der Waals surface area contributed by atoms with Crippen LogP contribution in [0.5, 0.6) is 0 Å². The number of nitrogens with one attached hydrogen (secondary N) is 1. The van der Waals surface area contributed by atoms with Crippen LogP contribution < -0.4 is 5.32 Å². The number of rotatable bonds is 4. The number of carbonyl (C=O) groups excluding carboxylic acids is 1. The first-order chi connectivity index (χ1) is 10.6. The van der Waals surface area contributed by atoms with E-state index >= 15 is 0 Å². The summed E-state index contributed by atoms with van der Waals surface area (Å²) in [5.74, 6) is 0.0195. The SMILES string of the molecule is O=C(Nc1ccc(Cl)c([N+](=O)[O-])c1)[C@@H]1C[C@@H]1c1ccccc1. The molecule has 6 heteroatoms. The number of halogens is 1. The molecule has 1 aliphatic carbocycles. The molecule has 1 fully saturated rings. The molecule has 2 aromatic carbocycles. The number of nitro groups is 1. The summed E-state index contributed by atoms with van der Waals surface area (Å²) in [4.78, 5) is 22.5. The largest absolute Gasteiger partial charge is 0.326 e. The molecule has 2 aromatic rings. The number of nitrogens with zero attached hydrogens (tertiary/aromatic N) is 1. The Balaban J connectivity index is 1.69. The van der Waals surface area contributed by atoms with E-state index in [9.17, 15) is 14.9 Å². The van der Waals surface area contributed by atoms with Crippen molar-refractivity contribution in [2.45, 2.75) is 12.3 Å². The zero-order chi connectivity index (χ0) is 15.7. The summed E-state index contributed by atoms with van der Waals surface area (Å²) in [6.07, 6.45) is 0.797. The first kappa shape index (κ1) is 14.5.